The van der Waals surface area contributed by atoms with Gasteiger partial charge in [-0.1, -0.05) is 19.1 Å². The highest BCUT2D eigenvalue weighted by atomic mass is 19.4. The third-order valence-electron chi connectivity index (χ3n) is 4.18. The Bertz CT molecular complexity index is 631. The van der Waals surface area contributed by atoms with Crippen LogP contribution in [0.2, 0.25) is 0 Å². The molecular formula is C16H19F3N2O3. The summed E-state index contributed by atoms with van der Waals surface area (Å²) >= 11 is 0. The first-order chi connectivity index (χ1) is 11.3. The zero-order chi connectivity index (χ0) is 17.9. The maximum Gasteiger partial charge on any atom is 0.490 e. The molecule has 2 heterocycles. The van der Waals surface area contributed by atoms with E-state index in [1.807, 2.05) is 17.0 Å². The molecule has 0 unspecified atom stereocenters. The second-order valence-electron chi connectivity index (χ2n) is 5.66. The van der Waals surface area contributed by atoms with Gasteiger partial charge in [0.25, 0.3) is 5.91 Å². The lowest BCUT2D eigenvalue weighted by Gasteiger charge is -2.40. The predicted octanol–water partition coefficient (Wildman–Crippen LogP) is 1.85. The molecule has 1 amide bonds. The molecule has 0 radical (unpaired) electrons. The Balaban J connectivity index is 0.000000256. The number of amides is 1. The Labute approximate surface area is 137 Å². The largest absolute Gasteiger partial charge is 0.490 e. The minimum atomic E-state index is -5.08. The number of carboxylic acids is 1. The molecule has 2 aliphatic heterocycles. The molecule has 1 aromatic rings. The number of halogens is 3. The molecule has 2 aliphatic rings. The summed E-state index contributed by atoms with van der Waals surface area (Å²) in [7, 11) is 0. The molecule has 0 aromatic heterocycles. The highest BCUT2D eigenvalue weighted by molar-refractivity contribution is 5.97. The van der Waals surface area contributed by atoms with Crippen molar-refractivity contribution in [1.29, 1.82) is 0 Å². The number of fused-ring (bicyclic) bond motifs is 2. The molecule has 0 aliphatic carbocycles. The molecule has 5 nitrogen and oxygen atoms in total. The van der Waals surface area contributed by atoms with E-state index >= 15 is 0 Å². The standard InChI is InChI=1S/C14H18N2O.C2HF3O2/c1-2-10-4-3-5-12-13(10)8-11-9-15-6-7-16(11)14(12)17;3-2(4,5)1(6)7/h3-5,11,15H,2,6-9H2,1H3;(H,6,7)/t11-;/m1./s1. The number of alkyl halides is 3. The Morgan fingerprint density at radius 1 is 1.42 bits per heavy atom. The lowest BCUT2D eigenvalue weighted by atomic mass is 9.88. The van der Waals surface area contributed by atoms with E-state index in [0.717, 1.165) is 38.0 Å². The molecule has 1 saturated heterocycles. The number of carbonyl (C=O) groups is 2. The van der Waals surface area contributed by atoms with Gasteiger partial charge < -0.3 is 15.3 Å². The van der Waals surface area contributed by atoms with E-state index in [2.05, 4.69) is 18.3 Å². The smallest absolute Gasteiger partial charge is 0.475 e. The number of aryl methyl sites for hydroxylation is 1. The molecule has 0 saturated carbocycles. The van der Waals surface area contributed by atoms with E-state index in [9.17, 15) is 18.0 Å². The SMILES string of the molecule is CCc1cccc2c1C[C@@H]1CNCCN1C2=O.O=C(O)C(F)(F)F. The summed E-state index contributed by atoms with van der Waals surface area (Å²) in [4.78, 5) is 23.4. The van der Waals surface area contributed by atoms with Crippen LogP contribution in [-0.4, -0.2) is 53.7 Å². The normalized spacial score (nSPS) is 19.8. The van der Waals surface area contributed by atoms with Gasteiger partial charge in [-0.2, -0.15) is 13.2 Å². The van der Waals surface area contributed by atoms with Crippen molar-refractivity contribution in [3.63, 3.8) is 0 Å². The number of hydrogen-bond acceptors (Lipinski definition) is 3. The van der Waals surface area contributed by atoms with Gasteiger partial charge in [0.05, 0.1) is 0 Å². The number of nitrogens with one attached hydrogen (secondary N) is 1. The predicted molar refractivity (Wildman–Crippen MR) is 80.9 cm³/mol. The van der Waals surface area contributed by atoms with E-state index in [-0.39, 0.29) is 5.91 Å². The third kappa shape index (κ3) is 3.87. The number of carbonyl (C=O) groups excluding carboxylic acids is 1. The van der Waals surface area contributed by atoms with Crippen molar-refractivity contribution in [3.8, 4) is 0 Å². The van der Waals surface area contributed by atoms with Crippen molar-refractivity contribution in [3.05, 3.63) is 34.9 Å². The van der Waals surface area contributed by atoms with Gasteiger partial charge in [0.15, 0.2) is 0 Å². The molecular weight excluding hydrogens is 325 g/mol. The van der Waals surface area contributed by atoms with Crippen LogP contribution in [0.1, 0.15) is 28.4 Å². The minimum absolute atomic E-state index is 0.230. The second-order valence-corrected chi connectivity index (χ2v) is 5.66. The van der Waals surface area contributed by atoms with Crippen LogP contribution in [0.4, 0.5) is 13.2 Å². The lowest BCUT2D eigenvalue weighted by Crippen LogP contribution is -2.56. The quantitative estimate of drug-likeness (QED) is 0.816. The van der Waals surface area contributed by atoms with Crippen molar-refractivity contribution >= 4 is 11.9 Å². The van der Waals surface area contributed by atoms with Crippen LogP contribution in [0.5, 0.6) is 0 Å². The maximum absolute atomic E-state index is 12.4. The highest BCUT2D eigenvalue weighted by Crippen LogP contribution is 2.27. The van der Waals surface area contributed by atoms with Crippen LogP contribution in [-0.2, 0) is 17.6 Å². The van der Waals surface area contributed by atoms with E-state index in [1.165, 1.54) is 11.1 Å². The molecule has 132 valence electrons. The number of hydrogen-bond donors (Lipinski definition) is 2. The first kappa shape index (κ1) is 18.3. The second kappa shape index (κ2) is 7.21. The summed E-state index contributed by atoms with van der Waals surface area (Å²) in [6.07, 6.45) is -3.06. The summed E-state index contributed by atoms with van der Waals surface area (Å²) in [6, 6.07) is 6.50. The Morgan fingerprint density at radius 2 is 2.08 bits per heavy atom. The average molecular weight is 344 g/mol. The fraction of sp³-hybridized carbons (Fsp3) is 0.500. The molecule has 1 atom stereocenters. The van der Waals surface area contributed by atoms with Gasteiger partial charge in [0.2, 0.25) is 0 Å². The summed E-state index contributed by atoms with van der Waals surface area (Å²) in [5.41, 5.74) is 3.55. The fourth-order valence-corrected chi connectivity index (χ4v) is 3.01. The van der Waals surface area contributed by atoms with Crippen molar-refractivity contribution in [2.45, 2.75) is 32.0 Å². The molecule has 1 aromatic carbocycles. The number of carboxylic acid groups (broad SMARTS) is 1. The van der Waals surface area contributed by atoms with Crippen LogP contribution in [0.25, 0.3) is 0 Å². The number of benzene rings is 1. The van der Waals surface area contributed by atoms with Crippen LogP contribution in [0.3, 0.4) is 0 Å². The number of rotatable bonds is 1. The topological polar surface area (TPSA) is 69.6 Å². The summed E-state index contributed by atoms with van der Waals surface area (Å²) in [5.74, 6) is -2.53. The summed E-state index contributed by atoms with van der Waals surface area (Å²) < 4.78 is 31.7. The van der Waals surface area contributed by atoms with E-state index < -0.39 is 12.1 Å². The van der Waals surface area contributed by atoms with E-state index in [0.29, 0.717) is 6.04 Å². The monoisotopic (exact) mass is 344 g/mol. The molecule has 0 spiro atoms. The fourth-order valence-electron chi connectivity index (χ4n) is 3.01. The van der Waals surface area contributed by atoms with Gasteiger partial charge >= 0.3 is 12.1 Å². The first-order valence-corrected chi connectivity index (χ1v) is 7.68. The van der Waals surface area contributed by atoms with Crippen molar-refractivity contribution in [2.75, 3.05) is 19.6 Å². The van der Waals surface area contributed by atoms with Crippen LogP contribution in [0, 0.1) is 0 Å². The molecule has 1 fully saturated rings. The van der Waals surface area contributed by atoms with Gasteiger partial charge in [-0.05, 0) is 30.0 Å². The van der Waals surface area contributed by atoms with E-state index in [4.69, 9.17) is 9.90 Å². The lowest BCUT2D eigenvalue weighted by molar-refractivity contribution is -0.192. The number of nitrogens with zero attached hydrogens (tertiary/aromatic N) is 1. The van der Waals surface area contributed by atoms with Crippen molar-refractivity contribution in [2.24, 2.45) is 0 Å². The Morgan fingerprint density at radius 3 is 2.67 bits per heavy atom. The zero-order valence-electron chi connectivity index (χ0n) is 13.2. The molecule has 24 heavy (non-hydrogen) atoms. The minimum Gasteiger partial charge on any atom is -0.475 e. The summed E-state index contributed by atoms with van der Waals surface area (Å²) in [6.45, 7) is 4.86. The first-order valence-electron chi connectivity index (χ1n) is 7.68. The maximum atomic E-state index is 12.4. The van der Waals surface area contributed by atoms with E-state index in [1.54, 1.807) is 0 Å². The molecule has 3 rings (SSSR count). The Hall–Kier alpha value is -2.09. The van der Waals surface area contributed by atoms with Gasteiger partial charge in [-0.25, -0.2) is 4.79 Å². The van der Waals surface area contributed by atoms with Gasteiger partial charge in [-0.3, -0.25) is 4.79 Å². The molecule has 8 heteroatoms. The molecule has 2 N–H and O–H groups in total. The van der Waals surface area contributed by atoms with Crippen LogP contribution >= 0.6 is 0 Å². The van der Waals surface area contributed by atoms with Crippen LogP contribution < -0.4 is 5.32 Å². The number of piperazine rings is 1. The third-order valence-corrected chi connectivity index (χ3v) is 4.18. The van der Waals surface area contributed by atoms with Crippen molar-refractivity contribution < 1.29 is 27.9 Å². The Kier molecular flexibility index (Phi) is 5.48. The zero-order valence-corrected chi connectivity index (χ0v) is 13.2. The van der Waals surface area contributed by atoms with Gasteiger partial charge in [-0.15, -0.1) is 0 Å². The average Bonchev–Trinajstić information content (AvgIpc) is 2.54. The summed E-state index contributed by atoms with van der Waals surface area (Å²) in [5, 5.41) is 10.5. The molecule has 0 bridgehead atoms. The van der Waals surface area contributed by atoms with Crippen LogP contribution in [0.15, 0.2) is 18.2 Å². The van der Waals surface area contributed by atoms with Gasteiger partial charge in [0.1, 0.15) is 0 Å². The number of aliphatic carboxylic acids is 1. The van der Waals surface area contributed by atoms with Gasteiger partial charge in [0, 0.05) is 31.2 Å². The van der Waals surface area contributed by atoms with Crippen molar-refractivity contribution in [1.82, 2.24) is 10.2 Å². The highest BCUT2D eigenvalue weighted by Gasteiger charge is 2.38.